The van der Waals surface area contributed by atoms with Crippen molar-refractivity contribution in [2.24, 2.45) is 5.92 Å². The molecule has 0 heterocycles. The summed E-state index contributed by atoms with van der Waals surface area (Å²) in [5.41, 5.74) is 0. The number of rotatable bonds is 11. The largest absolute Gasteiger partial charge is 0.414 e. The summed E-state index contributed by atoms with van der Waals surface area (Å²) in [6.07, 6.45) is 1.97. The molecule has 0 amide bonds. The van der Waals surface area contributed by atoms with Crippen molar-refractivity contribution in [3.63, 3.8) is 0 Å². The van der Waals surface area contributed by atoms with Gasteiger partial charge in [-0.1, -0.05) is 41.0 Å². The van der Waals surface area contributed by atoms with E-state index in [4.69, 9.17) is 4.43 Å². The van der Waals surface area contributed by atoms with Gasteiger partial charge in [0.05, 0.1) is 6.10 Å². The van der Waals surface area contributed by atoms with E-state index in [2.05, 4.69) is 34.6 Å². The van der Waals surface area contributed by atoms with Crippen LogP contribution in [0.15, 0.2) is 0 Å². The van der Waals surface area contributed by atoms with Gasteiger partial charge >= 0.3 is 0 Å². The zero-order valence-electron chi connectivity index (χ0n) is 13.5. The van der Waals surface area contributed by atoms with E-state index in [1.807, 2.05) is 0 Å². The van der Waals surface area contributed by atoms with Crippen LogP contribution in [0.1, 0.15) is 53.9 Å². The fourth-order valence-electron chi connectivity index (χ4n) is 2.50. The minimum Gasteiger partial charge on any atom is -0.414 e. The average Bonchev–Trinajstić information content (AvgIpc) is 2.44. The first kappa shape index (κ1) is 19.1. The fourth-order valence-corrected chi connectivity index (χ4v) is 5.42. The molecule has 0 aromatic rings. The molecule has 0 aromatic carbocycles. The molecular weight excluding hydrogens is 256 g/mol. The first-order valence-corrected chi connectivity index (χ1v) is 10.5. The molecule has 0 radical (unpaired) electrons. The highest BCUT2D eigenvalue weighted by Gasteiger charge is 2.32. The Morgan fingerprint density at radius 1 is 1.05 bits per heavy atom. The van der Waals surface area contributed by atoms with Gasteiger partial charge in [-0.25, -0.2) is 0 Å². The first-order valence-electron chi connectivity index (χ1n) is 7.95. The lowest BCUT2D eigenvalue weighted by Crippen LogP contribution is -2.41. The maximum atomic E-state index is 10.2. The topological polar surface area (TPSA) is 49.7 Å². The van der Waals surface area contributed by atoms with Crippen molar-refractivity contribution in [2.75, 3.05) is 6.61 Å². The van der Waals surface area contributed by atoms with Crippen LogP contribution in [-0.4, -0.2) is 37.3 Å². The van der Waals surface area contributed by atoms with Crippen LogP contribution >= 0.6 is 0 Å². The van der Waals surface area contributed by atoms with Crippen LogP contribution in [-0.2, 0) is 4.43 Å². The van der Waals surface area contributed by atoms with E-state index in [1.165, 1.54) is 0 Å². The summed E-state index contributed by atoms with van der Waals surface area (Å²) in [6, 6.07) is 3.34. The molecule has 4 heteroatoms. The minimum absolute atomic E-state index is 0.0144. The SMILES string of the molecule is CC[C@H](C)[C@@H](O)C[C@@H](CCO)O[Si](CC)(CC)CC. The monoisotopic (exact) mass is 290 g/mol. The highest BCUT2D eigenvalue weighted by atomic mass is 28.4. The Morgan fingerprint density at radius 3 is 1.95 bits per heavy atom. The van der Waals surface area contributed by atoms with Gasteiger partial charge in [0, 0.05) is 12.7 Å². The van der Waals surface area contributed by atoms with Gasteiger partial charge in [0.15, 0.2) is 8.32 Å². The van der Waals surface area contributed by atoms with Gasteiger partial charge in [0.2, 0.25) is 0 Å². The summed E-state index contributed by atoms with van der Waals surface area (Å²) in [5, 5.41) is 19.4. The fraction of sp³-hybridized carbons (Fsp3) is 1.00. The molecule has 0 fully saturated rings. The zero-order valence-corrected chi connectivity index (χ0v) is 14.5. The van der Waals surface area contributed by atoms with Crippen molar-refractivity contribution in [3.05, 3.63) is 0 Å². The average molecular weight is 291 g/mol. The summed E-state index contributed by atoms with van der Waals surface area (Å²) in [7, 11) is -1.65. The third kappa shape index (κ3) is 6.39. The van der Waals surface area contributed by atoms with E-state index in [0.29, 0.717) is 18.8 Å². The van der Waals surface area contributed by atoms with Crippen LogP contribution < -0.4 is 0 Å². The number of hydrogen-bond donors (Lipinski definition) is 2. The summed E-state index contributed by atoms with van der Waals surface area (Å²) >= 11 is 0. The smallest absolute Gasteiger partial charge is 0.192 e. The molecule has 0 bridgehead atoms. The third-order valence-electron chi connectivity index (χ3n) is 4.61. The standard InChI is InChI=1S/C15H34O3Si/c1-6-13(5)15(17)12-14(10-11-16)18-19(7-2,8-3)9-4/h13-17H,6-12H2,1-5H3/t13-,14+,15-/m0/s1. The van der Waals surface area contributed by atoms with Crippen molar-refractivity contribution in [2.45, 2.75) is 84.2 Å². The Hall–Kier alpha value is 0.0969. The zero-order chi connectivity index (χ0) is 14.9. The molecule has 0 aliphatic rings. The Kier molecular flexibility index (Phi) is 9.97. The van der Waals surface area contributed by atoms with E-state index in [9.17, 15) is 10.2 Å². The summed E-state index contributed by atoms with van der Waals surface area (Å²) in [6.45, 7) is 10.9. The van der Waals surface area contributed by atoms with E-state index in [1.54, 1.807) is 0 Å². The van der Waals surface area contributed by atoms with E-state index in [0.717, 1.165) is 24.6 Å². The number of hydrogen-bond acceptors (Lipinski definition) is 3. The maximum Gasteiger partial charge on any atom is 0.192 e. The van der Waals surface area contributed by atoms with Gasteiger partial charge in [0.1, 0.15) is 0 Å². The summed E-state index contributed by atoms with van der Waals surface area (Å²) in [4.78, 5) is 0. The van der Waals surface area contributed by atoms with Crippen LogP contribution in [0.25, 0.3) is 0 Å². The van der Waals surface area contributed by atoms with Gasteiger partial charge in [-0.2, -0.15) is 0 Å². The van der Waals surface area contributed by atoms with Crippen molar-refractivity contribution in [1.82, 2.24) is 0 Å². The lowest BCUT2D eigenvalue weighted by atomic mass is 9.96. The maximum absolute atomic E-state index is 10.2. The second kappa shape index (κ2) is 9.92. The molecule has 2 N–H and O–H groups in total. The molecule has 0 aliphatic carbocycles. The molecule has 0 unspecified atom stereocenters. The molecule has 3 atom stereocenters. The Morgan fingerprint density at radius 2 is 1.58 bits per heavy atom. The highest BCUT2D eigenvalue weighted by molar-refractivity contribution is 6.73. The van der Waals surface area contributed by atoms with E-state index < -0.39 is 8.32 Å². The predicted octanol–water partition coefficient (Wildman–Crippen LogP) is 3.56. The van der Waals surface area contributed by atoms with Gasteiger partial charge in [-0.05, 0) is 36.9 Å². The van der Waals surface area contributed by atoms with Crippen LogP contribution in [0.3, 0.4) is 0 Å². The van der Waals surface area contributed by atoms with Crippen LogP contribution in [0.5, 0.6) is 0 Å². The van der Waals surface area contributed by atoms with Crippen molar-refractivity contribution in [1.29, 1.82) is 0 Å². The van der Waals surface area contributed by atoms with Gasteiger partial charge in [-0.15, -0.1) is 0 Å². The predicted molar refractivity (Wildman–Crippen MR) is 83.9 cm³/mol. The number of aliphatic hydroxyl groups is 2. The first-order chi connectivity index (χ1) is 8.98. The van der Waals surface area contributed by atoms with Gasteiger partial charge in [0.25, 0.3) is 0 Å². The Balaban J connectivity index is 4.63. The van der Waals surface area contributed by atoms with Crippen LogP contribution in [0.2, 0.25) is 18.1 Å². The highest BCUT2D eigenvalue weighted by Crippen LogP contribution is 2.27. The number of aliphatic hydroxyl groups excluding tert-OH is 2. The molecular formula is C15H34O3Si. The molecule has 0 saturated carbocycles. The van der Waals surface area contributed by atoms with E-state index in [-0.39, 0.29) is 18.8 Å². The molecule has 116 valence electrons. The van der Waals surface area contributed by atoms with Gasteiger partial charge in [-0.3, -0.25) is 0 Å². The lowest BCUT2D eigenvalue weighted by Gasteiger charge is -2.34. The summed E-state index contributed by atoms with van der Waals surface area (Å²) < 4.78 is 6.41. The molecule has 0 spiro atoms. The normalized spacial score (nSPS) is 17.2. The minimum atomic E-state index is -1.65. The molecule has 0 aromatic heterocycles. The molecule has 0 aliphatic heterocycles. The Bertz CT molecular complexity index is 211. The van der Waals surface area contributed by atoms with Crippen LogP contribution in [0.4, 0.5) is 0 Å². The van der Waals surface area contributed by atoms with Gasteiger partial charge < -0.3 is 14.6 Å². The Labute approximate surface area is 120 Å². The van der Waals surface area contributed by atoms with E-state index >= 15 is 0 Å². The van der Waals surface area contributed by atoms with Crippen molar-refractivity contribution >= 4 is 8.32 Å². The second-order valence-corrected chi connectivity index (χ2v) is 10.4. The quantitative estimate of drug-likeness (QED) is 0.572. The molecule has 19 heavy (non-hydrogen) atoms. The lowest BCUT2D eigenvalue weighted by molar-refractivity contribution is 0.0430. The third-order valence-corrected chi connectivity index (χ3v) is 9.31. The second-order valence-electron chi connectivity index (χ2n) is 5.68. The molecule has 0 rings (SSSR count). The van der Waals surface area contributed by atoms with Crippen LogP contribution in [0, 0.1) is 5.92 Å². The molecule has 0 saturated heterocycles. The summed E-state index contributed by atoms with van der Waals surface area (Å²) in [5.74, 6) is 0.297. The van der Waals surface area contributed by atoms with Crippen molar-refractivity contribution in [3.8, 4) is 0 Å². The van der Waals surface area contributed by atoms with Crippen molar-refractivity contribution < 1.29 is 14.6 Å². The molecule has 3 nitrogen and oxygen atoms in total.